The van der Waals surface area contributed by atoms with Crippen molar-refractivity contribution in [3.8, 4) is 0 Å². The van der Waals surface area contributed by atoms with Crippen LogP contribution in [0, 0.1) is 5.92 Å². The third kappa shape index (κ3) is 10.1. The second-order valence-corrected chi connectivity index (χ2v) is 4.74. The summed E-state index contributed by atoms with van der Waals surface area (Å²) in [6.45, 7) is 11.0. The average molecular weight is 268 g/mol. The number of rotatable bonds is 10. The Morgan fingerprint density at radius 1 is 0.947 bits per heavy atom. The van der Waals surface area contributed by atoms with Crippen LogP contribution in [0.3, 0.4) is 0 Å². The Morgan fingerprint density at radius 3 is 1.84 bits per heavy atom. The van der Waals surface area contributed by atoms with Crippen molar-refractivity contribution in [3.63, 3.8) is 0 Å². The van der Waals surface area contributed by atoms with Crippen LogP contribution in [0.15, 0.2) is 25.3 Å². The van der Waals surface area contributed by atoms with Crippen LogP contribution in [0.2, 0.25) is 0 Å². The molecule has 108 valence electrons. The quantitative estimate of drug-likeness (QED) is 0.264. The van der Waals surface area contributed by atoms with E-state index in [0.717, 1.165) is 31.4 Å². The first-order chi connectivity index (χ1) is 8.99. The van der Waals surface area contributed by atoms with Gasteiger partial charge in [-0.2, -0.15) is 0 Å². The van der Waals surface area contributed by atoms with Crippen LogP contribution < -0.4 is 0 Å². The molecule has 0 aliphatic rings. The number of esters is 2. The molecule has 0 amide bonds. The molecular formula is C15H24O4. The molecule has 0 aromatic carbocycles. The van der Waals surface area contributed by atoms with Gasteiger partial charge in [0.15, 0.2) is 0 Å². The minimum atomic E-state index is -0.852. The van der Waals surface area contributed by atoms with Crippen LogP contribution in [-0.4, -0.2) is 18.2 Å². The van der Waals surface area contributed by atoms with E-state index in [4.69, 9.17) is 9.47 Å². The molecule has 19 heavy (non-hydrogen) atoms. The molecule has 0 unspecified atom stereocenters. The Bertz CT molecular complexity index is 285. The fourth-order valence-corrected chi connectivity index (χ4v) is 1.54. The summed E-state index contributed by atoms with van der Waals surface area (Å²) in [7, 11) is 0. The summed E-state index contributed by atoms with van der Waals surface area (Å²) in [6, 6.07) is 0. The van der Waals surface area contributed by atoms with Crippen molar-refractivity contribution in [2.75, 3.05) is 0 Å². The number of hydrogen-bond acceptors (Lipinski definition) is 4. The fraction of sp³-hybridized carbons (Fsp3) is 0.600. The lowest BCUT2D eigenvalue weighted by Crippen LogP contribution is -2.23. The zero-order chi connectivity index (χ0) is 14.7. The van der Waals surface area contributed by atoms with Gasteiger partial charge in [0.25, 0.3) is 0 Å². The summed E-state index contributed by atoms with van der Waals surface area (Å²) >= 11 is 0. The predicted molar refractivity (Wildman–Crippen MR) is 74.3 cm³/mol. The third-order valence-corrected chi connectivity index (χ3v) is 2.55. The maximum Gasteiger partial charge on any atom is 0.333 e. The van der Waals surface area contributed by atoms with Gasteiger partial charge in [0, 0.05) is 18.6 Å². The zero-order valence-electron chi connectivity index (χ0n) is 11.9. The molecule has 0 aromatic heterocycles. The summed E-state index contributed by atoms with van der Waals surface area (Å²) < 4.78 is 9.90. The standard InChI is InChI=1S/C15H24O4/c1-5-13(16)18-15(19-14(17)6-2)11-9-7-8-10-12(3)4/h5-6,12,15H,1-2,7-11H2,3-4H3. The number of ether oxygens (including phenoxy) is 2. The number of carbonyl (C=O) groups is 2. The SMILES string of the molecule is C=CC(=O)OC(CCCCCC(C)C)OC(=O)C=C. The highest BCUT2D eigenvalue weighted by Gasteiger charge is 2.15. The van der Waals surface area contributed by atoms with Gasteiger partial charge < -0.3 is 9.47 Å². The van der Waals surface area contributed by atoms with Gasteiger partial charge in [0.2, 0.25) is 6.29 Å². The lowest BCUT2D eigenvalue weighted by Gasteiger charge is -2.16. The van der Waals surface area contributed by atoms with Gasteiger partial charge in [-0.25, -0.2) is 9.59 Å². The van der Waals surface area contributed by atoms with Gasteiger partial charge in [0.05, 0.1) is 0 Å². The summed E-state index contributed by atoms with van der Waals surface area (Å²) in [5, 5.41) is 0. The molecule has 0 fully saturated rings. The minimum absolute atomic E-state index is 0.497. The van der Waals surface area contributed by atoms with Gasteiger partial charge in [-0.3, -0.25) is 0 Å². The van der Waals surface area contributed by atoms with E-state index in [2.05, 4.69) is 27.0 Å². The van der Waals surface area contributed by atoms with E-state index in [9.17, 15) is 9.59 Å². The first kappa shape index (κ1) is 17.4. The van der Waals surface area contributed by atoms with Gasteiger partial charge in [-0.1, -0.05) is 46.3 Å². The summed E-state index contributed by atoms with van der Waals surface area (Å²) in [5.41, 5.74) is 0. The van der Waals surface area contributed by atoms with Crippen molar-refractivity contribution >= 4 is 11.9 Å². The molecule has 0 bridgehead atoms. The van der Waals surface area contributed by atoms with Gasteiger partial charge in [-0.05, 0) is 12.3 Å². The van der Waals surface area contributed by atoms with E-state index in [1.807, 2.05) is 0 Å². The smallest absolute Gasteiger partial charge is 0.333 e. The van der Waals surface area contributed by atoms with Gasteiger partial charge in [-0.15, -0.1) is 0 Å². The zero-order valence-corrected chi connectivity index (χ0v) is 11.9. The van der Waals surface area contributed by atoms with Crippen LogP contribution >= 0.6 is 0 Å². The van der Waals surface area contributed by atoms with Crippen LogP contribution in [-0.2, 0) is 19.1 Å². The maximum absolute atomic E-state index is 11.1. The highest BCUT2D eigenvalue weighted by molar-refractivity contribution is 5.82. The van der Waals surface area contributed by atoms with Crippen LogP contribution in [0.5, 0.6) is 0 Å². The minimum Gasteiger partial charge on any atom is -0.422 e. The van der Waals surface area contributed by atoms with Crippen molar-refractivity contribution in [2.45, 2.75) is 52.2 Å². The van der Waals surface area contributed by atoms with Crippen LogP contribution in [0.25, 0.3) is 0 Å². The van der Waals surface area contributed by atoms with Crippen LogP contribution in [0.4, 0.5) is 0 Å². The second kappa shape index (κ2) is 10.4. The largest absolute Gasteiger partial charge is 0.422 e. The predicted octanol–water partition coefficient (Wildman–Crippen LogP) is 3.38. The first-order valence-electron chi connectivity index (χ1n) is 6.65. The van der Waals surface area contributed by atoms with Crippen molar-refractivity contribution in [1.29, 1.82) is 0 Å². The Balaban J connectivity index is 4.04. The lowest BCUT2D eigenvalue weighted by molar-refractivity contribution is -0.182. The molecule has 4 heteroatoms. The van der Waals surface area contributed by atoms with E-state index >= 15 is 0 Å². The van der Waals surface area contributed by atoms with Gasteiger partial charge >= 0.3 is 11.9 Å². The Hall–Kier alpha value is -1.58. The lowest BCUT2D eigenvalue weighted by atomic mass is 10.0. The Morgan fingerprint density at radius 2 is 1.42 bits per heavy atom. The molecule has 0 aliphatic heterocycles. The molecule has 0 spiro atoms. The molecule has 0 aliphatic carbocycles. The Kier molecular flexibility index (Phi) is 9.49. The summed E-state index contributed by atoms with van der Waals surface area (Å²) in [6.07, 6.45) is 5.89. The third-order valence-electron chi connectivity index (χ3n) is 2.55. The summed E-state index contributed by atoms with van der Waals surface area (Å²) in [4.78, 5) is 22.2. The first-order valence-corrected chi connectivity index (χ1v) is 6.65. The highest BCUT2D eigenvalue weighted by atomic mass is 16.7. The van der Waals surface area contributed by atoms with Crippen LogP contribution in [0.1, 0.15) is 46.0 Å². The number of carbonyl (C=O) groups excluding carboxylic acids is 2. The topological polar surface area (TPSA) is 52.6 Å². The van der Waals surface area contributed by atoms with Crippen molar-refractivity contribution < 1.29 is 19.1 Å². The molecule has 4 nitrogen and oxygen atoms in total. The van der Waals surface area contributed by atoms with E-state index < -0.39 is 18.2 Å². The number of unbranched alkanes of at least 4 members (excludes halogenated alkanes) is 2. The van der Waals surface area contributed by atoms with Crippen molar-refractivity contribution in [3.05, 3.63) is 25.3 Å². The molecule has 0 N–H and O–H groups in total. The van der Waals surface area contributed by atoms with E-state index in [1.54, 1.807) is 0 Å². The van der Waals surface area contributed by atoms with E-state index in [0.29, 0.717) is 12.3 Å². The van der Waals surface area contributed by atoms with Gasteiger partial charge in [0.1, 0.15) is 0 Å². The monoisotopic (exact) mass is 268 g/mol. The molecule has 0 rings (SSSR count). The normalized spacial score (nSPS) is 10.3. The number of hydrogen-bond donors (Lipinski definition) is 0. The Labute approximate surface area is 115 Å². The van der Waals surface area contributed by atoms with E-state index in [1.165, 1.54) is 6.42 Å². The fourth-order valence-electron chi connectivity index (χ4n) is 1.54. The molecule has 0 saturated heterocycles. The molecule has 0 saturated carbocycles. The molecule has 0 aromatic rings. The molecule has 0 heterocycles. The van der Waals surface area contributed by atoms with Crippen molar-refractivity contribution in [1.82, 2.24) is 0 Å². The molecule has 0 atom stereocenters. The summed E-state index contributed by atoms with van der Waals surface area (Å²) in [5.74, 6) is -0.499. The molecular weight excluding hydrogens is 244 g/mol. The second-order valence-electron chi connectivity index (χ2n) is 4.74. The molecule has 0 radical (unpaired) electrons. The van der Waals surface area contributed by atoms with Crippen molar-refractivity contribution in [2.24, 2.45) is 5.92 Å². The van der Waals surface area contributed by atoms with E-state index in [-0.39, 0.29) is 0 Å². The highest BCUT2D eigenvalue weighted by Crippen LogP contribution is 2.13. The maximum atomic E-state index is 11.1. The average Bonchev–Trinajstić information content (AvgIpc) is 2.37.